The summed E-state index contributed by atoms with van der Waals surface area (Å²) in [6.45, 7) is 2.33. The number of nitrogens with one attached hydrogen (secondary N) is 2. The van der Waals surface area contributed by atoms with Crippen molar-refractivity contribution in [2.75, 3.05) is 7.11 Å². The minimum atomic E-state index is -0.351. The van der Waals surface area contributed by atoms with Crippen molar-refractivity contribution >= 4 is 51.1 Å². The van der Waals surface area contributed by atoms with Crippen molar-refractivity contribution in [3.8, 4) is 16.3 Å². The molecule has 2 aromatic carbocycles. The maximum absolute atomic E-state index is 12.3. The second-order valence-corrected chi connectivity index (χ2v) is 8.30. The number of thiocarbonyl (C=S) groups is 1. The number of hydrogen-bond acceptors (Lipinski definition) is 7. The minimum absolute atomic E-state index is 0.227. The summed E-state index contributed by atoms with van der Waals surface area (Å²) < 4.78 is 6.82. The highest BCUT2D eigenvalue weighted by Gasteiger charge is 2.12. The lowest BCUT2D eigenvalue weighted by molar-refractivity contribution is 0.0976. The minimum Gasteiger partial charge on any atom is -0.495 e. The molecule has 0 saturated carbocycles. The Morgan fingerprint density at radius 1 is 1.23 bits per heavy atom. The molecule has 0 aliphatic heterocycles. The summed E-state index contributed by atoms with van der Waals surface area (Å²) in [5.74, 6) is 0.905. The number of amides is 1. The molecular formula is C20H17ClN6O2S2. The molecule has 158 valence electrons. The maximum atomic E-state index is 12.3. The van der Waals surface area contributed by atoms with Crippen LogP contribution in [-0.2, 0) is 6.54 Å². The van der Waals surface area contributed by atoms with Crippen molar-refractivity contribution < 1.29 is 9.53 Å². The van der Waals surface area contributed by atoms with Crippen LogP contribution in [0, 0.1) is 6.92 Å². The third-order valence-electron chi connectivity index (χ3n) is 4.44. The van der Waals surface area contributed by atoms with Crippen LogP contribution in [0.3, 0.4) is 0 Å². The Labute approximate surface area is 192 Å². The number of aromatic nitrogens is 4. The maximum Gasteiger partial charge on any atom is 0.257 e. The van der Waals surface area contributed by atoms with Crippen molar-refractivity contribution in [2.24, 2.45) is 0 Å². The molecule has 0 atom stereocenters. The van der Waals surface area contributed by atoms with Gasteiger partial charge in [-0.3, -0.25) is 10.1 Å². The number of methoxy groups -OCH3 is 1. The molecule has 2 N–H and O–H groups in total. The SMILES string of the molecule is COc1ccc(C(=O)NC(=S)NCc2ccc(-c3nn4c(C)nnc4s3)cc2)cc1Cl. The van der Waals surface area contributed by atoms with E-state index < -0.39 is 0 Å². The third-order valence-corrected chi connectivity index (χ3v) is 5.93. The van der Waals surface area contributed by atoms with Crippen LogP contribution in [-0.4, -0.2) is 37.9 Å². The first-order valence-corrected chi connectivity index (χ1v) is 10.8. The van der Waals surface area contributed by atoms with E-state index in [4.69, 9.17) is 28.6 Å². The van der Waals surface area contributed by atoms with Gasteiger partial charge in [-0.15, -0.1) is 10.2 Å². The number of aryl methyl sites for hydroxylation is 1. The molecule has 31 heavy (non-hydrogen) atoms. The quantitative estimate of drug-likeness (QED) is 0.428. The van der Waals surface area contributed by atoms with Gasteiger partial charge in [-0.2, -0.15) is 9.61 Å². The topological polar surface area (TPSA) is 93.4 Å². The Balaban J connectivity index is 1.34. The van der Waals surface area contributed by atoms with Crippen LogP contribution < -0.4 is 15.4 Å². The first-order valence-electron chi connectivity index (χ1n) is 9.15. The van der Waals surface area contributed by atoms with E-state index >= 15 is 0 Å². The predicted octanol–water partition coefficient (Wildman–Crippen LogP) is 3.63. The van der Waals surface area contributed by atoms with Gasteiger partial charge in [0.15, 0.2) is 10.9 Å². The van der Waals surface area contributed by atoms with E-state index in [-0.39, 0.29) is 11.0 Å². The normalized spacial score (nSPS) is 10.8. The molecular weight excluding hydrogens is 456 g/mol. The van der Waals surface area contributed by atoms with E-state index in [1.165, 1.54) is 24.5 Å². The smallest absolute Gasteiger partial charge is 0.257 e. The second kappa shape index (κ2) is 8.96. The predicted molar refractivity (Wildman–Crippen MR) is 124 cm³/mol. The summed E-state index contributed by atoms with van der Waals surface area (Å²) in [5, 5.41) is 19.7. The van der Waals surface area contributed by atoms with Gasteiger partial charge in [-0.05, 0) is 42.9 Å². The summed E-state index contributed by atoms with van der Waals surface area (Å²) in [7, 11) is 1.51. The highest BCUT2D eigenvalue weighted by Crippen LogP contribution is 2.26. The average Bonchev–Trinajstić information content (AvgIpc) is 3.34. The molecule has 4 aromatic rings. The van der Waals surface area contributed by atoms with E-state index in [0.717, 1.165) is 26.9 Å². The van der Waals surface area contributed by atoms with Gasteiger partial charge >= 0.3 is 0 Å². The highest BCUT2D eigenvalue weighted by atomic mass is 35.5. The largest absolute Gasteiger partial charge is 0.495 e. The monoisotopic (exact) mass is 472 g/mol. The summed E-state index contributed by atoms with van der Waals surface area (Å²) in [5.41, 5.74) is 2.39. The van der Waals surface area contributed by atoms with Gasteiger partial charge < -0.3 is 10.1 Å². The first-order chi connectivity index (χ1) is 14.9. The molecule has 0 fully saturated rings. The number of carbonyl (C=O) groups is 1. The molecule has 11 heteroatoms. The second-order valence-electron chi connectivity index (χ2n) is 6.53. The summed E-state index contributed by atoms with van der Waals surface area (Å²) >= 11 is 12.8. The zero-order chi connectivity index (χ0) is 22.0. The number of ether oxygens (including phenoxy) is 1. The van der Waals surface area contributed by atoms with Gasteiger partial charge in [0.1, 0.15) is 10.8 Å². The van der Waals surface area contributed by atoms with Crippen LogP contribution in [0.4, 0.5) is 0 Å². The Morgan fingerprint density at radius 2 is 2.00 bits per heavy atom. The standard InChI is InChI=1S/C20H17ClN6O2S2/c1-11-24-25-20-27(11)26-18(31-20)13-5-3-12(4-6-13)10-22-19(30)23-17(28)14-7-8-16(29-2)15(21)9-14/h3-9H,10H2,1-2H3,(H2,22,23,28,30). The van der Waals surface area contributed by atoms with Crippen LogP contribution in [0.2, 0.25) is 5.02 Å². The van der Waals surface area contributed by atoms with Gasteiger partial charge in [-0.1, -0.05) is 47.2 Å². The van der Waals surface area contributed by atoms with Gasteiger partial charge in [0, 0.05) is 17.7 Å². The van der Waals surface area contributed by atoms with E-state index in [9.17, 15) is 4.79 Å². The van der Waals surface area contributed by atoms with E-state index in [1.807, 2.05) is 31.2 Å². The molecule has 0 saturated heterocycles. The number of hydrogen-bond donors (Lipinski definition) is 2. The summed E-state index contributed by atoms with van der Waals surface area (Å²) in [6, 6.07) is 12.7. The Morgan fingerprint density at radius 3 is 2.68 bits per heavy atom. The number of rotatable bonds is 5. The molecule has 2 aromatic heterocycles. The Kier molecular flexibility index (Phi) is 6.12. The number of halogens is 1. The fourth-order valence-corrected chi connectivity index (χ4v) is 4.12. The molecule has 2 heterocycles. The van der Waals surface area contributed by atoms with Gasteiger partial charge in [0.25, 0.3) is 5.91 Å². The van der Waals surface area contributed by atoms with E-state index in [2.05, 4.69) is 25.9 Å². The lowest BCUT2D eigenvalue weighted by Gasteiger charge is -2.11. The lowest BCUT2D eigenvalue weighted by Crippen LogP contribution is -2.38. The molecule has 0 spiro atoms. The van der Waals surface area contributed by atoms with Crippen molar-refractivity contribution in [2.45, 2.75) is 13.5 Å². The molecule has 0 unspecified atom stereocenters. The molecule has 8 nitrogen and oxygen atoms in total. The fraction of sp³-hybridized carbons (Fsp3) is 0.150. The van der Waals surface area contributed by atoms with Crippen molar-refractivity contribution in [3.63, 3.8) is 0 Å². The van der Waals surface area contributed by atoms with E-state index in [1.54, 1.807) is 16.6 Å². The third kappa shape index (κ3) is 4.66. The molecule has 0 radical (unpaired) electrons. The Bertz CT molecular complexity index is 1270. The van der Waals surface area contributed by atoms with Crippen LogP contribution >= 0.6 is 35.2 Å². The number of benzene rings is 2. The zero-order valence-electron chi connectivity index (χ0n) is 16.5. The number of fused-ring (bicyclic) bond motifs is 1. The van der Waals surface area contributed by atoms with Crippen molar-refractivity contribution in [1.82, 2.24) is 30.4 Å². The zero-order valence-corrected chi connectivity index (χ0v) is 18.9. The highest BCUT2D eigenvalue weighted by molar-refractivity contribution is 7.80. The van der Waals surface area contributed by atoms with Crippen LogP contribution in [0.25, 0.3) is 15.5 Å². The van der Waals surface area contributed by atoms with Crippen LogP contribution in [0.15, 0.2) is 42.5 Å². The lowest BCUT2D eigenvalue weighted by atomic mass is 10.1. The molecule has 1 amide bonds. The average molecular weight is 473 g/mol. The van der Waals surface area contributed by atoms with Crippen molar-refractivity contribution in [1.29, 1.82) is 0 Å². The van der Waals surface area contributed by atoms with Crippen molar-refractivity contribution in [3.05, 3.63) is 64.4 Å². The number of carbonyl (C=O) groups excluding carboxylic acids is 1. The van der Waals surface area contributed by atoms with Gasteiger partial charge in [0.2, 0.25) is 4.96 Å². The molecule has 0 aliphatic rings. The fourth-order valence-electron chi connectivity index (χ4n) is 2.81. The first kappa shape index (κ1) is 21.2. The van der Waals surface area contributed by atoms with Gasteiger partial charge in [-0.25, -0.2) is 0 Å². The summed E-state index contributed by atoms with van der Waals surface area (Å²) in [6.07, 6.45) is 0. The molecule has 0 bridgehead atoms. The number of nitrogens with zero attached hydrogens (tertiary/aromatic N) is 4. The van der Waals surface area contributed by atoms with E-state index in [0.29, 0.717) is 22.9 Å². The van der Waals surface area contributed by atoms with Crippen LogP contribution in [0.1, 0.15) is 21.7 Å². The molecule has 4 rings (SSSR count). The van der Waals surface area contributed by atoms with Crippen LogP contribution in [0.5, 0.6) is 5.75 Å². The summed E-state index contributed by atoms with van der Waals surface area (Å²) in [4.78, 5) is 13.1. The van der Waals surface area contributed by atoms with Gasteiger partial charge in [0.05, 0.1) is 12.1 Å². The Hall–Kier alpha value is -3.08. The molecule has 0 aliphatic carbocycles.